The number of ether oxygens (including phenoxy) is 1. The lowest BCUT2D eigenvalue weighted by Gasteiger charge is -2.10. The number of carboxylic acid groups (broad SMARTS) is 1. The van der Waals surface area contributed by atoms with E-state index in [-0.39, 0.29) is 0 Å². The predicted octanol–water partition coefficient (Wildman–Crippen LogP) is 4.94. The van der Waals surface area contributed by atoms with Crippen molar-refractivity contribution in [2.24, 2.45) is 0 Å². The average molecular weight is 390 g/mol. The molecule has 4 aromatic rings. The van der Waals surface area contributed by atoms with Crippen LogP contribution in [-0.2, 0) is 11.2 Å². The Bertz CT molecular complexity index is 1140. The molecule has 2 N–H and O–H groups in total. The molecule has 0 saturated carbocycles. The number of H-pyrrole nitrogens is 1. The SMILES string of the molecule is Cc1oc(-c2ccccc2)nc1CCOc1cccc2[nH]cc(C(C)C(=O)O)c12. The van der Waals surface area contributed by atoms with E-state index in [1.807, 2.05) is 55.5 Å². The second kappa shape index (κ2) is 7.83. The fourth-order valence-corrected chi connectivity index (χ4v) is 3.39. The summed E-state index contributed by atoms with van der Waals surface area (Å²) in [5, 5.41) is 10.2. The third-order valence-electron chi connectivity index (χ3n) is 5.04. The van der Waals surface area contributed by atoms with Crippen molar-refractivity contribution in [1.29, 1.82) is 0 Å². The molecule has 1 atom stereocenters. The molecule has 2 aromatic carbocycles. The smallest absolute Gasteiger partial charge is 0.310 e. The van der Waals surface area contributed by atoms with Crippen molar-refractivity contribution in [3.63, 3.8) is 0 Å². The second-order valence-corrected chi connectivity index (χ2v) is 6.97. The highest BCUT2D eigenvalue weighted by Gasteiger charge is 2.20. The summed E-state index contributed by atoms with van der Waals surface area (Å²) in [5.41, 5.74) is 3.36. The summed E-state index contributed by atoms with van der Waals surface area (Å²) in [7, 11) is 0. The molecular formula is C23H22N2O4. The highest BCUT2D eigenvalue weighted by atomic mass is 16.5. The molecule has 0 radical (unpaired) electrons. The lowest BCUT2D eigenvalue weighted by molar-refractivity contribution is -0.138. The van der Waals surface area contributed by atoms with Crippen LogP contribution in [0, 0.1) is 6.92 Å². The molecule has 4 rings (SSSR count). The second-order valence-electron chi connectivity index (χ2n) is 6.97. The fraction of sp³-hybridized carbons (Fsp3) is 0.217. The maximum atomic E-state index is 11.4. The van der Waals surface area contributed by atoms with Crippen molar-refractivity contribution < 1.29 is 19.1 Å². The molecule has 0 amide bonds. The summed E-state index contributed by atoms with van der Waals surface area (Å²) < 4.78 is 11.8. The molecule has 0 saturated heterocycles. The summed E-state index contributed by atoms with van der Waals surface area (Å²) in [6.45, 7) is 3.98. The van der Waals surface area contributed by atoms with Gasteiger partial charge in [-0.2, -0.15) is 0 Å². The maximum absolute atomic E-state index is 11.4. The van der Waals surface area contributed by atoms with Crippen LogP contribution < -0.4 is 4.74 Å². The van der Waals surface area contributed by atoms with E-state index >= 15 is 0 Å². The van der Waals surface area contributed by atoms with Gasteiger partial charge in [0.2, 0.25) is 5.89 Å². The van der Waals surface area contributed by atoms with Crippen molar-refractivity contribution in [2.75, 3.05) is 6.61 Å². The summed E-state index contributed by atoms with van der Waals surface area (Å²) >= 11 is 0. The molecule has 0 aliphatic carbocycles. The first-order valence-corrected chi connectivity index (χ1v) is 9.52. The number of hydrogen-bond donors (Lipinski definition) is 2. The zero-order valence-corrected chi connectivity index (χ0v) is 16.3. The molecule has 0 fully saturated rings. The molecular weight excluding hydrogens is 368 g/mol. The number of aryl methyl sites for hydroxylation is 1. The monoisotopic (exact) mass is 390 g/mol. The third-order valence-corrected chi connectivity index (χ3v) is 5.04. The third kappa shape index (κ3) is 3.74. The Morgan fingerprint density at radius 2 is 2.00 bits per heavy atom. The number of aromatic nitrogens is 2. The number of carboxylic acids is 1. The van der Waals surface area contributed by atoms with Gasteiger partial charge in [0.1, 0.15) is 11.5 Å². The van der Waals surface area contributed by atoms with Gasteiger partial charge < -0.3 is 19.2 Å². The first kappa shape index (κ1) is 18.8. The molecule has 2 aromatic heterocycles. The standard InChI is InChI=1S/C23H22N2O4/c1-14(23(26)27)17-13-24-19-9-6-10-20(21(17)19)28-12-11-18-15(2)29-22(25-18)16-7-4-3-5-8-16/h3-10,13-14,24H,11-12H2,1-2H3,(H,26,27). The predicted molar refractivity (Wildman–Crippen MR) is 110 cm³/mol. The van der Waals surface area contributed by atoms with Gasteiger partial charge in [-0.1, -0.05) is 24.3 Å². The van der Waals surface area contributed by atoms with Gasteiger partial charge in [-0.25, -0.2) is 4.98 Å². The molecule has 0 aliphatic heterocycles. The van der Waals surface area contributed by atoms with E-state index in [1.54, 1.807) is 13.1 Å². The zero-order valence-electron chi connectivity index (χ0n) is 16.3. The van der Waals surface area contributed by atoms with Crippen LogP contribution in [0.1, 0.15) is 29.9 Å². The number of aromatic amines is 1. The van der Waals surface area contributed by atoms with Gasteiger partial charge in [-0.05, 0) is 43.7 Å². The van der Waals surface area contributed by atoms with Crippen molar-refractivity contribution in [1.82, 2.24) is 9.97 Å². The highest BCUT2D eigenvalue weighted by molar-refractivity contribution is 5.93. The molecule has 1 unspecified atom stereocenters. The minimum Gasteiger partial charge on any atom is -0.492 e. The first-order chi connectivity index (χ1) is 14.0. The maximum Gasteiger partial charge on any atom is 0.310 e. The first-order valence-electron chi connectivity index (χ1n) is 9.52. The molecule has 0 bridgehead atoms. The quantitative estimate of drug-likeness (QED) is 0.467. The van der Waals surface area contributed by atoms with Gasteiger partial charge in [-0.3, -0.25) is 4.79 Å². The Kier molecular flexibility index (Phi) is 5.08. The summed E-state index contributed by atoms with van der Waals surface area (Å²) in [6, 6.07) is 15.4. The van der Waals surface area contributed by atoms with E-state index in [9.17, 15) is 9.90 Å². The average Bonchev–Trinajstić information content (AvgIpc) is 3.32. The summed E-state index contributed by atoms with van der Waals surface area (Å²) in [6.07, 6.45) is 2.33. The van der Waals surface area contributed by atoms with Crippen LogP contribution in [-0.4, -0.2) is 27.7 Å². The summed E-state index contributed by atoms with van der Waals surface area (Å²) in [4.78, 5) is 19.2. The van der Waals surface area contributed by atoms with Crippen LogP contribution in [0.15, 0.2) is 59.1 Å². The Hall–Kier alpha value is -3.54. The number of nitrogens with one attached hydrogen (secondary N) is 1. The van der Waals surface area contributed by atoms with Crippen LogP contribution in [0.2, 0.25) is 0 Å². The summed E-state index contributed by atoms with van der Waals surface area (Å²) in [5.74, 6) is 0.541. The van der Waals surface area contributed by atoms with Gasteiger partial charge in [0, 0.05) is 29.1 Å². The number of oxazole rings is 1. The van der Waals surface area contributed by atoms with Gasteiger partial charge in [-0.15, -0.1) is 0 Å². The van der Waals surface area contributed by atoms with E-state index < -0.39 is 11.9 Å². The van der Waals surface area contributed by atoms with Crippen LogP contribution in [0.5, 0.6) is 5.75 Å². The van der Waals surface area contributed by atoms with E-state index in [0.717, 1.165) is 27.9 Å². The van der Waals surface area contributed by atoms with Gasteiger partial charge in [0.25, 0.3) is 0 Å². The normalized spacial score (nSPS) is 12.2. The number of aliphatic carboxylic acids is 1. The topological polar surface area (TPSA) is 88.4 Å². The minimum atomic E-state index is -0.868. The van der Waals surface area contributed by atoms with Crippen LogP contribution in [0.4, 0.5) is 0 Å². The molecule has 0 aliphatic rings. The molecule has 0 spiro atoms. The lowest BCUT2D eigenvalue weighted by Crippen LogP contribution is -2.08. The number of benzene rings is 2. The molecule has 6 heteroatoms. The van der Waals surface area contributed by atoms with E-state index in [4.69, 9.17) is 9.15 Å². The van der Waals surface area contributed by atoms with Crippen molar-refractivity contribution in [3.05, 3.63) is 71.7 Å². The number of nitrogens with zero attached hydrogens (tertiary/aromatic N) is 1. The Balaban J connectivity index is 1.52. The number of rotatable bonds is 7. The van der Waals surface area contributed by atoms with Crippen LogP contribution >= 0.6 is 0 Å². The Morgan fingerprint density at radius 1 is 1.21 bits per heavy atom. The van der Waals surface area contributed by atoms with E-state index in [2.05, 4.69) is 9.97 Å². The number of hydrogen-bond acceptors (Lipinski definition) is 4. The molecule has 29 heavy (non-hydrogen) atoms. The van der Waals surface area contributed by atoms with Crippen molar-refractivity contribution >= 4 is 16.9 Å². The highest BCUT2D eigenvalue weighted by Crippen LogP contribution is 2.33. The van der Waals surface area contributed by atoms with Gasteiger partial charge in [0.05, 0.1) is 18.2 Å². The van der Waals surface area contributed by atoms with E-state index in [1.165, 1.54) is 0 Å². The van der Waals surface area contributed by atoms with Crippen LogP contribution in [0.3, 0.4) is 0 Å². The molecule has 6 nitrogen and oxygen atoms in total. The Morgan fingerprint density at radius 3 is 2.76 bits per heavy atom. The van der Waals surface area contributed by atoms with Crippen molar-refractivity contribution in [2.45, 2.75) is 26.2 Å². The van der Waals surface area contributed by atoms with E-state index in [0.29, 0.717) is 30.2 Å². The Labute approximate surface area is 168 Å². The minimum absolute atomic E-state index is 0.410. The number of carbonyl (C=O) groups is 1. The lowest BCUT2D eigenvalue weighted by atomic mass is 10.0. The fourth-order valence-electron chi connectivity index (χ4n) is 3.39. The van der Waals surface area contributed by atoms with Crippen LogP contribution in [0.25, 0.3) is 22.4 Å². The van der Waals surface area contributed by atoms with Gasteiger partial charge in [0.15, 0.2) is 0 Å². The molecule has 2 heterocycles. The van der Waals surface area contributed by atoms with Crippen molar-refractivity contribution in [3.8, 4) is 17.2 Å². The largest absolute Gasteiger partial charge is 0.492 e. The molecule has 148 valence electrons. The zero-order chi connectivity index (χ0) is 20.4. The number of fused-ring (bicyclic) bond motifs is 1. The van der Waals surface area contributed by atoms with Gasteiger partial charge >= 0.3 is 5.97 Å².